The molecule has 0 saturated carbocycles. The van der Waals surface area contributed by atoms with Crippen LogP contribution in [0.25, 0.3) is 0 Å². The molecule has 2 amide bonds. The Hall–Kier alpha value is -2.28. The minimum absolute atomic E-state index is 0.281. The van der Waals surface area contributed by atoms with Crippen LogP contribution in [0, 0.1) is 0 Å². The summed E-state index contributed by atoms with van der Waals surface area (Å²) in [5.74, 6) is -1.51. The highest BCUT2D eigenvalue weighted by Crippen LogP contribution is 2.27. The highest BCUT2D eigenvalue weighted by Gasteiger charge is 2.37. The molecule has 142 valence electrons. The SMILES string of the molecule is CCCC(NC(=O)C1CCCN1C(=O)c1cc(Cl)ccc1OC)C(=O)O. The molecule has 1 aromatic rings. The Bertz CT molecular complexity index is 694. The van der Waals surface area contributed by atoms with Gasteiger partial charge in [0.1, 0.15) is 17.8 Å². The molecule has 0 bridgehead atoms. The van der Waals surface area contributed by atoms with E-state index in [0.717, 1.165) is 0 Å². The van der Waals surface area contributed by atoms with Gasteiger partial charge in [-0.05, 0) is 37.5 Å². The zero-order valence-electron chi connectivity index (χ0n) is 14.8. The maximum absolute atomic E-state index is 12.9. The molecule has 1 aromatic carbocycles. The number of likely N-dealkylation sites (tertiary alicyclic amines) is 1. The van der Waals surface area contributed by atoms with Crippen LogP contribution in [0.2, 0.25) is 5.02 Å². The summed E-state index contributed by atoms with van der Waals surface area (Å²) in [6.07, 6.45) is 2.12. The van der Waals surface area contributed by atoms with Crippen LogP contribution >= 0.6 is 11.6 Å². The van der Waals surface area contributed by atoms with Crippen molar-refractivity contribution in [1.29, 1.82) is 0 Å². The van der Waals surface area contributed by atoms with Gasteiger partial charge in [0.25, 0.3) is 5.91 Å². The number of rotatable bonds is 7. The maximum atomic E-state index is 12.9. The zero-order chi connectivity index (χ0) is 19.3. The van der Waals surface area contributed by atoms with Gasteiger partial charge in [-0.1, -0.05) is 24.9 Å². The van der Waals surface area contributed by atoms with E-state index in [1.165, 1.54) is 18.1 Å². The quantitative estimate of drug-likeness (QED) is 0.754. The third kappa shape index (κ3) is 4.46. The summed E-state index contributed by atoms with van der Waals surface area (Å²) >= 11 is 5.99. The third-order valence-electron chi connectivity index (χ3n) is 4.40. The fourth-order valence-electron chi connectivity index (χ4n) is 3.10. The number of methoxy groups -OCH3 is 1. The van der Waals surface area contributed by atoms with Crippen molar-refractivity contribution in [1.82, 2.24) is 10.2 Å². The van der Waals surface area contributed by atoms with Crippen molar-refractivity contribution in [3.63, 3.8) is 0 Å². The second-order valence-corrected chi connectivity index (χ2v) is 6.63. The van der Waals surface area contributed by atoms with Gasteiger partial charge in [-0.2, -0.15) is 0 Å². The molecule has 1 saturated heterocycles. The second-order valence-electron chi connectivity index (χ2n) is 6.19. The minimum Gasteiger partial charge on any atom is -0.496 e. The molecule has 0 spiro atoms. The van der Waals surface area contributed by atoms with E-state index >= 15 is 0 Å². The second kappa shape index (κ2) is 8.89. The molecule has 1 fully saturated rings. The lowest BCUT2D eigenvalue weighted by molar-refractivity contribution is -0.142. The van der Waals surface area contributed by atoms with Gasteiger partial charge < -0.3 is 20.1 Å². The van der Waals surface area contributed by atoms with E-state index in [1.807, 2.05) is 6.92 Å². The zero-order valence-corrected chi connectivity index (χ0v) is 15.6. The molecule has 0 radical (unpaired) electrons. The average Bonchev–Trinajstić information content (AvgIpc) is 3.10. The maximum Gasteiger partial charge on any atom is 0.326 e. The van der Waals surface area contributed by atoms with E-state index in [0.29, 0.717) is 43.0 Å². The van der Waals surface area contributed by atoms with E-state index in [2.05, 4.69) is 5.32 Å². The van der Waals surface area contributed by atoms with Crippen LogP contribution in [0.1, 0.15) is 43.0 Å². The first-order valence-corrected chi connectivity index (χ1v) is 8.94. The van der Waals surface area contributed by atoms with Gasteiger partial charge in [0.05, 0.1) is 12.7 Å². The first-order valence-electron chi connectivity index (χ1n) is 8.56. The van der Waals surface area contributed by atoms with Crippen LogP contribution < -0.4 is 10.1 Å². The lowest BCUT2D eigenvalue weighted by Gasteiger charge is -2.26. The number of amides is 2. The molecule has 2 unspecified atom stereocenters. The molecule has 2 N–H and O–H groups in total. The number of hydrogen-bond acceptors (Lipinski definition) is 4. The van der Waals surface area contributed by atoms with Gasteiger partial charge in [-0.25, -0.2) is 4.79 Å². The summed E-state index contributed by atoms with van der Waals surface area (Å²) in [5.41, 5.74) is 0.281. The number of benzene rings is 1. The van der Waals surface area contributed by atoms with Crippen molar-refractivity contribution < 1.29 is 24.2 Å². The standard InChI is InChI=1S/C18H23ClN2O5/c1-3-5-13(18(24)25)20-16(22)14-6-4-9-21(14)17(23)12-10-11(19)7-8-15(12)26-2/h7-8,10,13-14H,3-6,9H2,1-2H3,(H,20,22)(H,24,25). The molecular weight excluding hydrogens is 360 g/mol. The number of carboxylic acids is 1. The Morgan fingerprint density at radius 3 is 2.77 bits per heavy atom. The Morgan fingerprint density at radius 1 is 1.42 bits per heavy atom. The summed E-state index contributed by atoms with van der Waals surface area (Å²) < 4.78 is 5.22. The lowest BCUT2D eigenvalue weighted by atomic mass is 10.1. The topological polar surface area (TPSA) is 95.9 Å². The molecule has 2 rings (SSSR count). The van der Waals surface area contributed by atoms with Crippen molar-refractivity contribution in [2.24, 2.45) is 0 Å². The summed E-state index contributed by atoms with van der Waals surface area (Å²) in [5, 5.41) is 12.2. The number of carbonyl (C=O) groups is 3. The van der Waals surface area contributed by atoms with Crippen LogP contribution in [0.3, 0.4) is 0 Å². The van der Waals surface area contributed by atoms with Gasteiger partial charge in [0, 0.05) is 11.6 Å². The molecular formula is C18H23ClN2O5. The molecule has 8 heteroatoms. The Labute approximate surface area is 157 Å². The van der Waals surface area contributed by atoms with E-state index in [1.54, 1.807) is 12.1 Å². The van der Waals surface area contributed by atoms with Crippen molar-refractivity contribution in [3.8, 4) is 5.75 Å². The molecule has 7 nitrogen and oxygen atoms in total. The minimum atomic E-state index is -1.08. The van der Waals surface area contributed by atoms with Crippen LogP contribution in [-0.4, -0.2) is 53.5 Å². The van der Waals surface area contributed by atoms with Crippen LogP contribution in [0.4, 0.5) is 0 Å². The van der Waals surface area contributed by atoms with E-state index in [9.17, 15) is 19.5 Å². The van der Waals surface area contributed by atoms with Gasteiger partial charge >= 0.3 is 5.97 Å². The highest BCUT2D eigenvalue weighted by molar-refractivity contribution is 6.31. The third-order valence-corrected chi connectivity index (χ3v) is 4.64. The molecule has 26 heavy (non-hydrogen) atoms. The van der Waals surface area contributed by atoms with Crippen LogP contribution in [0.5, 0.6) is 5.75 Å². The largest absolute Gasteiger partial charge is 0.496 e. The molecule has 1 aliphatic rings. The Balaban J connectivity index is 2.19. The van der Waals surface area contributed by atoms with Crippen LogP contribution in [-0.2, 0) is 9.59 Å². The monoisotopic (exact) mass is 382 g/mol. The van der Waals surface area contributed by atoms with Gasteiger partial charge in [0.15, 0.2) is 0 Å². The van der Waals surface area contributed by atoms with Crippen molar-refractivity contribution in [2.45, 2.75) is 44.7 Å². The van der Waals surface area contributed by atoms with Gasteiger partial charge in [0.2, 0.25) is 5.91 Å². The summed E-state index contributed by atoms with van der Waals surface area (Å²) in [6, 6.07) is 3.07. The number of hydrogen-bond donors (Lipinski definition) is 2. The number of nitrogens with zero attached hydrogens (tertiary/aromatic N) is 1. The summed E-state index contributed by atoms with van der Waals surface area (Å²) in [4.78, 5) is 38.2. The van der Waals surface area contributed by atoms with Gasteiger partial charge in [-0.15, -0.1) is 0 Å². The molecule has 1 aliphatic heterocycles. The van der Waals surface area contributed by atoms with E-state index in [-0.39, 0.29) is 11.5 Å². The number of nitrogens with one attached hydrogen (secondary N) is 1. The summed E-state index contributed by atoms with van der Waals surface area (Å²) in [6.45, 7) is 2.26. The fraction of sp³-hybridized carbons (Fsp3) is 0.500. The Kier molecular flexibility index (Phi) is 6.85. The normalized spacial score (nSPS) is 17.7. The fourth-order valence-corrected chi connectivity index (χ4v) is 3.27. The average molecular weight is 383 g/mol. The molecule has 2 atom stereocenters. The first-order chi connectivity index (χ1) is 12.4. The molecule has 0 aliphatic carbocycles. The smallest absolute Gasteiger partial charge is 0.326 e. The first kappa shape index (κ1) is 20.0. The van der Waals surface area contributed by atoms with Crippen molar-refractivity contribution in [3.05, 3.63) is 28.8 Å². The Morgan fingerprint density at radius 2 is 2.15 bits per heavy atom. The number of carboxylic acid groups (broad SMARTS) is 1. The number of halogens is 1. The number of carbonyl (C=O) groups excluding carboxylic acids is 2. The van der Waals surface area contributed by atoms with E-state index < -0.39 is 24.0 Å². The number of ether oxygens (including phenoxy) is 1. The van der Waals surface area contributed by atoms with E-state index in [4.69, 9.17) is 16.3 Å². The molecule has 1 heterocycles. The lowest BCUT2D eigenvalue weighted by Crippen LogP contribution is -2.50. The predicted molar refractivity (Wildman–Crippen MR) is 96.5 cm³/mol. The predicted octanol–water partition coefficient (Wildman–Crippen LogP) is 2.32. The van der Waals surface area contributed by atoms with Crippen molar-refractivity contribution >= 4 is 29.4 Å². The number of aliphatic carboxylic acids is 1. The van der Waals surface area contributed by atoms with Crippen molar-refractivity contribution in [2.75, 3.05) is 13.7 Å². The van der Waals surface area contributed by atoms with Gasteiger partial charge in [-0.3, -0.25) is 9.59 Å². The summed E-state index contributed by atoms with van der Waals surface area (Å²) in [7, 11) is 1.45. The highest BCUT2D eigenvalue weighted by atomic mass is 35.5. The molecule has 0 aromatic heterocycles. The van der Waals surface area contributed by atoms with Crippen LogP contribution in [0.15, 0.2) is 18.2 Å².